The summed E-state index contributed by atoms with van der Waals surface area (Å²) in [7, 11) is -3.22. The molecule has 2 N–H and O–H groups in total. The predicted molar refractivity (Wildman–Crippen MR) is 147 cm³/mol. The Bertz CT molecular complexity index is 1220. The first kappa shape index (κ1) is 28.0. The van der Waals surface area contributed by atoms with Crippen LogP contribution in [0.25, 0.3) is 0 Å². The maximum Gasteiger partial charge on any atom is 0.272 e. The number of piperidine rings is 2. The molecule has 9 nitrogen and oxygen atoms in total. The van der Waals surface area contributed by atoms with E-state index in [0.29, 0.717) is 53.8 Å². The number of likely N-dealkylation sites (tertiary alicyclic amines) is 2. The van der Waals surface area contributed by atoms with Crippen molar-refractivity contribution in [2.24, 2.45) is 0 Å². The number of nitrogens with one attached hydrogen (secondary N) is 2. The normalized spacial score (nSPS) is 19.7. The van der Waals surface area contributed by atoms with Gasteiger partial charge < -0.3 is 10.2 Å². The molecular weight excluding hydrogens is 535 g/mol. The Morgan fingerprint density at radius 1 is 1.11 bits per heavy atom. The minimum absolute atomic E-state index is 0.0466. The largest absolute Gasteiger partial charge is 0.369 e. The second kappa shape index (κ2) is 12.3. The van der Waals surface area contributed by atoms with Gasteiger partial charge in [-0.3, -0.25) is 9.69 Å². The van der Waals surface area contributed by atoms with Crippen LogP contribution in [0.3, 0.4) is 0 Å². The van der Waals surface area contributed by atoms with Gasteiger partial charge in [0, 0.05) is 43.8 Å². The molecule has 0 saturated carbocycles. The zero-order valence-electron chi connectivity index (χ0n) is 21.2. The van der Waals surface area contributed by atoms with Gasteiger partial charge in [-0.25, -0.2) is 23.1 Å². The number of hydrogen-bond acceptors (Lipinski definition) is 7. The summed E-state index contributed by atoms with van der Waals surface area (Å²) in [5.74, 6) is 0.562. The Morgan fingerprint density at radius 3 is 2.57 bits per heavy atom. The Balaban J connectivity index is 1.31. The van der Waals surface area contributed by atoms with Gasteiger partial charge in [-0.2, -0.15) is 0 Å². The van der Waals surface area contributed by atoms with Crippen molar-refractivity contribution in [1.29, 1.82) is 0 Å². The van der Waals surface area contributed by atoms with Crippen molar-refractivity contribution in [3.05, 3.63) is 51.4 Å². The molecule has 1 aromatic carbocycles. The van der Waals surface area contributed by atoms with E-state index in [4.69, 9.17) is 23.2 Å². The molecule has 0 unspecified atom stereocenters. The lowest BCUT2D eigenvalue weighted by molar-refractivity contribution is 0.0561. The molecule has 12 heteroatoms. The van der Waals surface area contributed by atoms with E-state index in [2.05, 4.69) is 24.9 Å². The highest BCUT2D eigenvalue weighted by Gasteiger charge is 2.32. The van der Waals surface area contributed by atoms with E-state index < -0.39 is 10.0 Å². The number of carbonyl (C=O) groups is 1. The van der Waals surface area contributed by atoms with Gasteiger partial charge >= 0.3 is 0 Å². The van der Waals surface area contributed by atoms with Crippen molar-refractivity contribution >= 4 is 45.0 Å². The SMILES string of the molecule is Cc1c(NCCc2ccc(Cl)c(Cl)c2)ncnc1C(=O)N1CCC(N2CCC[C@H](NS(C)(=O)=O)C2)CC1. The number of halogens is 2. The average molecular weight is 570 g/mol. The fourth-order valence-electron chi connectivity index (χ4n) is 5.19. The Kier molecular flexibility index (Phi) is 9.29. The van der Waals surface area contributed by atoms with Gasteiger partial charge in [-0.05, 0) is 63.3 Å². The Labute approximate surface area is 229 Å². The van der Waals surface area contributed by atoms with E-state index in [1.165, 1.54) is 12.6 Å². The summed E-state index contributed by atoms with van der Waals surface area (Å²) in [5.41, 5.74) is 2.20. The number of anilines is 1. The number of hydrogen-bond donors (Lipinski definition) is 2. The Hall–Kier alpha value is -1.98. The molecule has 37 heavy (non-hydrogen) atoms. The standard InChI is InChI=1S/C25H34Cl2N6O3S/c1-17-23(29-16-30-24(17)28-10-7-18-5-6-21(26)22(27)14-18)25(34)32-12-8-20(9-13-32)33-11-3-4-19(15-33)31-37(2,35)36/h5-6,14,16,19-20,31H,3-4,7-13,15H2,1-2H3,(H,28,29,30)/t19-/m0/s1. The van der Waals surface area contributed by atoms with Crippen LogP contribution in [0.2, 0.25) is 10.0 Å². The number of amides is 1. The molecule has 1 aromatic heterocycles. The lowest BCUT2D eigenvalue weighted by atomic mass is 9.98. The smallest absolute Gasteiger partial charge is 0.272 e. The zero-order valence-corrected chi connectivity index (χ0v) is 23.5. The topological polar surface area (TPSA) is 108 Å². The average Bonchev–Trinajstić information content (AvgIpc) is 2.86. The van der Waals surface area contributed by atoms with E-state index >= 15 is 0 Å². The molecule has 0 aliphatic carbocycles. The lowest BCUT2D eigenvalue weighted by Gasteiger charge is -2.42. The molecular formula is C25H34Cl2N6O3S. The van der Waals surface area contributed by atoms with Gasteiger partial charge in [-0.1, -0.05) is 29.3 Å². The predicted octanol–water partition coefficient (Wildman–Crippen LogP) is 3.36. The molecule has 0 spiro atoms. The number of aromatic nitrogens is 2. The number of sulfonamides is 1. The van der Waals surface area contributed by atoms with Crippen LogP contribution in [0.5, 0.6) is 0 Å². The second-order valence-corrected chi connectivity index (χ2v) is 12.5. The molecule has 0 radical (unpaired) electrons. The van der Waals surface area contributed by atoms with Gasteiger partial charge in [-0.15, -0.1) is 0 Å². The summed E-state index contributed by atoms with van der Waals surface area (Å²) in [6.07, 6.45) is 6.91. The molecule has 2 aliphatic heterocycles. The summed E-state index contributed by atoms with van der Waals surface area (Å²) in [6.45, 7) is 5.46. The van der Waals surface area contributed by atoms with E-state index in [1.54, 1.807) is 6.07 Å². The minimum Gasteiger partial charge on any atom is -0.369 e. The fourth-order valence-corrected chi connectivity index (χ4v) is 6.30. The van der Waals surface area contributed by atoms with Gasteiger partial charge in [0.1, 0.15) is 17.8 Å². The third kappa shape index (κ3) is 7.54. The molecule has 2 aliphatic rings. The second-order valence-electron chi connectivity index (χ2n) is 9.87. The number of nitrogens with zero attached hydrogens (tertiary/aromatic N) is 4. The Morgan fingerprint density at radius 2 is 1.86 bits per heavy atom. The summed E-state index contributed by atoms with van der Waals surface area (Å²) in [4.78, 5) is 26.2. The van der Waals surface area contributed by atoms with Crippen molar-refractivity contribution in [2.75, 3.05) is 44.3 Å². The fraction of sp³-hybridized carbons (Fsp3) is 0.560. The monoisotopic (exact) mass is 568 g/mol. The molecule has 3 heterocycles. The lowest BCUT2D eigenvalue weighted by Crippen LogP contribution is -2.53. The number of benzene rings is 1. The van der Waals surface area contributed by atoms with Crippen LogP contribution in [-0.4, -0.2) is 85.2 Å². The molecule has 1 amide bonds. The van der Waals surface area contributed by atoms with Gasteiger partial charge in [0.05, 0.1) is 16.3 Å². The highest BCUT2D eigenvalue weighted by atomic mass is 35.5. The summed E-state index contributed by atoms with van der Waals surface area (Å²) >= 11 is 12.1. The van der Waals surface area contributed by atoms with Crippen LogP contribution in [0.4, 0.5) is 5.82 Å². The molecule has 4 rings (SSSR count). The molecule has 202 valence electrons. The highest BCUT2D eigenvalue weighted by Crippen LogP contribution is 2.25. The van der Waals surface area contributed by atoms with E-state index in [0.717, 1.165) is 49.8 Å². The first-order chi connectivity index (χ1) is 17.6. The van der Waals surface area contributed by atoms with Crippen LogP contribution < -0.4 is 10.0 Å². The van der Waals surface area contributed by atoms with Crippen molar-refractivity contribution in [1.82, 2.24) is 24.5 Å². The van der Waals surface area contributed by atoms with E-state index in [-0.39, 0.29) is 11.9 Å². The van der Waals surface area contributed by atoms with Gasteiger partial charge in [0.15, 0.2) is 0 Å². The first-order valence-corrected chi connectivity index (χ1v) is 15.3. The summed E-state index contributed by atoms with van der Waals surface area (Å²) in [6, 6.07) is 5.87. The first-order valence-electron chi connectivity index (χ1n) is 12.6. The molecule has 2 fully saturated rings. The van der Waals surface area contributed by atoms with Crippen LogP contribution in [0, 0.1) is 6.92 Å². The maximum atomic E-state index is 13.3. The van der Waals surface area contributed by atoms with Crippen molar-refractivity contribution in [3.63, 3.8) is 0 Å². The highest BCUT2D eigenvalue weighted by molar-refractivity contribution is 7.88. The van der Waals surface area contributed by atoms with Crippen LogP contribution in [-0.2, 0) is 16.4 Å². The third-order valence-corrected chi connectivity index (χ3v) is 8.58. The maximum absolute atomic E-state index is 13.3. The van der Waals surface area contributed by atoms with Gasteiger partial charge in [0.2, 0.25) is 10.0 Å². The summed E-state index contributed by atoms with van der Waals surface area (Å²) < 4.78 is 26.0. The quantitative estimate of drug-likeness (QED) is 0.502. The van der Waals surface area contributed by atoms with Crippen LogP contribution in [0.15, 0.2) is 24.5 Å². The summed E-state index contributed by atoms with van der Waals surface area (Å²) in [5, 5.41) is 4.37. The van der Waals surface area contributed by atoms with Gasteiger partial charge in [0.25, 0.3) is 5.91 Å². The van der Waals surface area contributed by atoms with E-state index in [1.807, 2.05) is 24.0 Å². The van der Waals surface area contributed by atoms with Crippen molar-refractivity contribution < 1.29 is 13.2 Å². The molecule has 2 saturated heterocycles. The third-order valence-electron chi connectivity index (χ3n) is 7.08. The molecule has 2 aromatic rings. The molecule has 0 bridgehead atoms. The van der Waals surface area contributed by atoms with Crippen molar-refractivity contribution in [2.45, 2.75) is 51.1 Å². The minimum atomic E-state index is -3.22. The zero-order chi connectivity index (χ0) is 26.6. The van der Waals surface area contributed by atoms with E-state index in [9.17, 15) is 13.2 Å². The molecule has 1 atom stereocenters. The number of rotatable bonds is 8. The van der Waals surface area contributed by atoms with Crippen LogP contribution >= 0.6 is 23.2 Å². The van der Waals surface area contributed by atoms with Crippen LogP contribution in [0.1, 0.15) is 47.3 Å². The number of carbonyl (C=O) groups excluding carboxylic acids is 1. The van der Waals surface area contributed by atoms with Crippen molar-refractivity contribution in [3.8, 4) is 0 Å².